The van der Waals surface area contributed by atoms with Gasteiger partial charge in [0.2, 0.25) is 15.9 Å². The molecule has 1 aliphatic rings. The quantitative estimate of drug-likeness (QED) is 0.754. The Bertz CT molecular complexity index is 664. The molecule has 0 saturated heterocycles. The number of anilines is 1. The minimum Gasteiger partial charge on any atom is -0.324 e. The van der Waals surface area contributed by atoms with Crippen molar-refractivity contribution in [3.63, 3.8) is 0 Å². The highest BCUT2D eigenvalue weighted by Gasteiger charge is 2.44. The molecule has 4 N–H and O–H groups in total. The number of sulfonamides is 1. The molecule has 1 saturated carbocycles. The van der Waals surface area contributed by atoms with Crippen molar-refractivity contribution in [2.75, 3.05) is 12.4 Å². The molecule has 0 radical (unpaired) electrons. The lowest BCUT2D eigenvalue weighted by molar-refractivity contribution is -0.121. The molecule has 7 heteroatoms. The van der Waals surface area contributed by atoms with Crippen molar-refractivity contribution in [3.8, 4) is 0 Å². The molecule has 1 aromatic carbocycles. The zero-order valence-electron chi connectivity index (χ0n) is 12.4. The molecule has 0 aromatic heterocycles. The van der Waals surface area contributed by atoms with Crippen molar-refractivity contribution in [2.24, 2.45) is 11.7 Å². The van der Waals surface area contributed by atoms with Gasteiger partial charge >= 0.3 is 0 Å². The van der Waals surface area contributed by atoms with Crippen LogP contribution >= 0.6 is 0 Å². The van der Waals surface area contributed by atoms with Crippen LogP contribution in [-0.2, 0) is 14.8 Å². The van der Waals surface area contributed by atoms with Gasteiger partial charge in [0.25, 0.3) is 0 Å². The SMILES string of the molecule is CNS(=O)(=O)c1cc(NC(=O)C(C)(N)C2CC2)ccc1C. The fraction of sp³-hybridized carbons (Fsp3) is 0.500. The second kappa shape index (κ2) is 5.40. The minimum atomic E-state index is -3.56. The van der Waals surface area contributed by atoms with Crippen LogP contribution in [0.5, 0.6) is 0 Å². The van der Waals surface area contributed by atoms with Crippen LogP contribution in [0.25, 0.3) is 0 Å². The Morgan fingerprint density at radius 2 is 2.00 bits per heavy atom. The van der Waals surface area contributed by atoms with Crippen LogP contribution in [0.2, 0.25) is 0 Å². The Balaban J connectivity index is 2.26. The van der Waals surface area contributed by atoms with Crippen molar-refractivity contribution < 1.29 is 13.2 Å². The predicted molar refractivity (Wildman–Crippen MR) is 81.4 cm³/mol. The van der Waals surface area contributed by atoms with E-state index in [0.717, 1.165) is 12.8 Å². The van der Waals surface area contributed by atoms with E-state index in [1.54, 1.807) is 26.0 Å². The van der Waals surface area contributed by atoms with Gasteiger partial charge < -0.3 is 11.1 Å². The van der Waals surface area contributed by atoms with Gasteiger partial charge in [0.15, 0.2) is 0 Å². The van der Waals surface area contributed by atoms with E-state index < -0.39 is 15.6 Å². The van der Waals surface area contributed by atoms with E-state index in [9.17, 15) is 13.2 Å². The second-order valence-electron chi connectivity index (χ2n) is 5.70. The first-order chi connectivity index (χ1) is 9.68. The van der Waals surface area contributed by atoms with E-state index in [1.807, 2.05) is 0 Å². The molecule has 116 valence electrons. The largest absolute Gasteiger partial charge is 0.324 e. The van der Waals surface area contributed by atoms with Crippen molar-refractivity contribution in [3.05, 3.63) is 23.8 Å². The third-order valence-corrected chi connectivity index (χ3v) is 5.48. The molecule has 21 heavy (non-hydrogen) atoms. The molecule has 0 aliphatic heterocycles. The predicted octanol–water partition coefficient (Wildman–Crippen LogP) is 0.969. The Morgan fingerprint density at radius 1 is 1.38 bits per heavy atom. The van der Waals surface area contributed by atoms with E-state index in [2.05, 4.69) is 10.0 Å². The first-order valence-electron chi connectivity index (χ1n) is 6.83. The van der Waals surface area contributed by atoms with Gasteiger partial charge in [-0.25, -0.2) is 13.1 Å². The third-order valence-electron chi connectivity index (χ3n) is 3.92. The molecule has 0 spiro atoms. The number of amides is 1. The van der Waals surface area contributed by atoms with Crippen molar-refractivity contribution in [2.45, 2.75) is 37.1 Å². The summed E-state index contributed by atoms with van der Waals surface area (Å²) in [6.45, 7) is 3.41. The zero-order chi connectivity index (χ0) is 15.8. The first kappa shape index (κ1) is 15.9. The third kappa shape index (κ3) is 3.25. The Labute approximate surface area is 125 Å². The number of benzene rings is 1. The Kier molecular flexibility index (Phi) is 4.10. The average molecular weight is 311 g/mol. The number of rotatable bonds is 5. The van der Waals surface area contributed by atoms with Gasteiger partial charge in [0.1, 0.15) is 0 Å². The molecule has 1 unspecified atom stereocenters. The normalized spacial score (nSPS) is 18.1. The van der Waals surface area contributed by atoms with E-state index in [4.69, 9.17) is 5.73 Å². The van der Waals surface area contributed by atoms with Crippen LogP contribution in [0, 0.1) is 12.8 Å². The standard InChI is InChI=1S/C14H21N3O3S/c1-9-4-7-11(8-12(9)21(19,20)16-3)17-13(18)14(2,15)10-5-6-10/h4,7-8,10,16H,5-6,15H2,1-3H3,(H,17,18). The zero-order valence-corrected chi connectivity index (χ0v) is 13.3. The summed E-state index contributed by atoms with van der Waals surface area (Å²) in [7, 11) is -2.21. The molecule has 1 aromatic rings. The lowest BCUT2D eigenvalue weighted by atomic mass is 9.96. The van der Waals surface area contributed by atoms with Crippen LogP contribution in [0.4, 0.5) is 5.69 Å². The number of nitrogens with one attached hydrogen (secondary N) is 2. The van der Waals surface area contributed by atoms with E-state index >= 15 is 0 Å². The highest BCUT2D eigenvalue weighted by Crippen LogP contribution is 2.38. The number of hydrogen-bond donors (Lipinski definition) is 3. The average Bonchev–Trinajstić information content (AvgIpc) is 3.25. The maximum absolute atomic E-state index is 12.2. The van der Waals surface area contributed by atoms with E-state index in [1.165, 1.54) is 13.1 Å². The molecule has 1 aliphatic carbocycles. The summed E-state index contributed by atoms with van der Waals surface area (Å²) in [5.41, 5.74) is 6.17. The maximum atomic E-state index is 12.2. The Morgan fingerprint density at radius 3 is 2.52 bits per heavy atom. The van der Waals surface area contributed by atoms with Gasteiger partial charge in [-0.05, 0) is 57.4 Å². The second-order valence-corrected chi connectivity index (χ2v) is 7.55. The summed E-state index contributed by atoms with van der Waals surface area (Å²) in [5.74, 6) is -0.0925. The molecule has 1 atom stereocenters. The van der Waals surface area contributed by atoms with Gasteiger partial charge in [0, 0.05) is 5.69 Å². The summed E-state index contributed by atoms with van der Waals surface area (Å²) in [5, 5.41) is 2.71. The van der Waals surface area contributed by atoms with E-state index in [-0.39, 0.29) is 16.7 Å². The number of aryl methyl sites for hydroxylation is 1. The van der Waals surface area contributed by atoms with Crippen LogP contribution < -0.4 is 15.8 Å². The van der Waals surface area contributed by atoms with Crippen LogP contribution in [0.1, 0.15) is 25.3 Å². The fourth-order valence-electron chi connectivity index (χ4n) is 2.21. The molecular weight excluding hydrogens is 290 g/mol. The van der Waals surface area contributed by atoms with Gasteiger partial charge in [0.05, 0.1) is 10.4 Å². The van der Waals surface area contributed by atoms with E-state index in [0.29, 0.717) is 11.3 Å². The molecule has 1 amide bonds. The summed E-state index contributed by atoms with van der Waals surface area (Å²) in [4.78, 5) is 12.4. The summed E-state index contributed by atoms with van der Waals surface area (Å²) in [6, 6.07) is 4.78. The van der Waals surface area contributed by atoms with Gasteiger partial charge in [-0.1, -0.05) is 6.07 Å². The number of carbonyl (C=O) groups excluding carboxylic acids is 1. The summed E-state index contributed by atoms with van der Waals surface area (Å²) >= 11 is 0. The highest BCUT2D eigenvalue weighted by molar-refractivity contribution is 7.89. The van der Waals surface area contributed by atoms with Crippen LogP contribution in [-0.4, -0.2) is 26.9 Å². The number of hydrogen-bond acceptors (Lipinski definition) is 4. The van der Waals surface area contributed by atoms with Gasteiger partial charge in [-0.2, -0.15) is 0 Å². The summed E-state index contributed by atoms with van der Waals surface area (Å²) in [6.07, 6.45) is 1.90. The smallest absolute Gasteiger partial charge is 0.244 e. The lowest BCUT2D eigenvalue weighted by Crippen LogP contribution is -2.50. The highest BCUT2D eigenvalue weighted by atomic mass is 32.2. The van der Waals surface area contributed by atoms with Crippen molar-refractivity contribution in [1.29, 1.82) is 0 Å². The van der Waals surface area contributed by atoms with Crippen molar-refractivity contribution in [1.82, 2.24) is 4.72 Å². The number of nitrogens with two attached hydrogens (primary N) is 1. The van der Waals surface area contributed by atoms with Crippen LogP contribution in [0.3, 0.4) is 0 Å². The summed E-state index contributed by atoms with van der Waals surface area (Å²) < 4.78 is 26.1. The molecule has 0 heterocycles. The minimum absolute atomic E-state index is 0.146. The van der Waals surface area contributed by atoms with Gasteiger partial charge in [-0.15, -0.1) is 0 Å². The molecular formula is C14H21N3O3S. The van der Waals surface area contributed by atoms with Crippen LogP contribution in [0.15, 0.2) is 23.1 Å². The lowest BCUT2D eigenvalue weighted by Gasteiger charge is -2.23. The molecule has 2 rings (SSSR count). The molecule has 1 fully saturated rings. The molecule has 6 nitrogen and oxygen atoms in total. The number of carbonyl (C=O) groups is 1. The molecule has 0 bridgehead atoms. The maximum Gasteiger partial charge on any atom is 0.244 e. The Hall–Kier alpha value is -1.44. The van der Waals surface area contributed by atoms with Gasteiger partial charge in [-0.3, -0.25) is 4.79 Å². The fourth-order valence-corrected chi connectivity index (χ4v) is 3.21. The topological polar surface area (TPSA) is 101 Å². The van der Waals surface area contributed by atoms with Crippen molar-refractivity contribution >= 4 is 21.6 Å². The monoisotopic (exact) mass is 311 g/mol. The first-order valence-corrected chi connectivity index (χ1v) is 8.31.